The first-order chi connectivity index (χ1) is 28.7. The summed E-state index contributed by atoms with van der Waals surface area (Å²) in [6.45, 7) is 11.0. The molecule has 0 radical (unpaired) electrons. The molecule has 3 aromatic carbocycles. The van der Waals surface area contributed by atoms with Crippen LogP contribution in [0, 0.1) is 41.5 Å². The van der Waals surface area contributed by atoms with Gasteiger partial charge in [-0.2, -0.15) is 52.7 Å². The Hall–Kier alpha value is -3.52. The smallest absolute Gasteiger partial charge is 0.523 e. The standard InChI is InChI=1S/C39H44B4F12O7/c1-22-14-24(3)32(25(4)15-22)40(33-26(5)16-23(2)17-27(33)6)18-28(20-42-59-30-10-7-8-11-31(30)60-42)58-29(19-41-56-12-9-13-57-41)21-43(61-34(36(44,45)46)37(47,48)49)62-35(38(50,51)52)39(53,54)55/h7-8,10-11,14-17,28-29,34-35H,9,12-13,18-21H2,1-6H3. The van der Waals surface area contributed by atoms with E-state index in [0.717, 1.165) is 44.3 Å². The summed E-state index contributed by atoms with van der Waals surface area (Å²) in [4.78, 5) is 0. The van der Waals surface area contributed by atoms with E-state index in [4.69, 9.17) is 23.4 Å². The lowest BCUT2D eigenvalue weighted by molar-refractivity contribution is -0.318. The van der Waals surface area contributed by atoms with Gasteiger partial charge in [-0.15, -0.1) is 0 Å². The van der Waals surface area contributed by atoms with Crippen LogP contribution in [-0.4, -0.2) is 90.4 Å². The first-order valence-electron chi connectivity index (χ1n) is 19.7. The van der Waals surface area contributed by atoms with Gasteiger partial charge < -0.3 is 32.7 Å². The zero-order valence-corrected chi connectivity index (χ0v) is 34.6. The van der Waals surface area contributed by atoms with Crippen LogP contribution in [-0.2, 0) is 23.4 Å². The molecule has 0 aromatic heterocycles. The van der Waals surface area contributed by atoms with Crippen LogP contribution >= 0.6 is 0 Å². The molecule has 0 aliphatic carbocycles. The molecular formula is C39H44B4F12O7. The summed E-state index contributed by atoms with van der Waals surface area (Å²) in [5.41, 5.74) is 7.06. The van der Waals surface area contributed by atoms with Gasteiger partial charge in [0, 0.05) is 32.2 Å². The second-order valence-corrected chi connectivity index (χ2v) is 15.8. The third-order valence-corrected chi connectivity index (χ3v) is 10.4. The van der Waals surface area contributed by atoms with E-state index in [1.807, 2.05) is 65.8 Å². The van der Waals surface area contributed by atoms with Gasteiger partial charge in [0.25, 0.3) is 0 Å². The number of hydrogen-bond acceptors (Lipinski definition) is 7. The van der Waals surface area contributed by atoms with E-state index < -0.39 is 89.8 Å². The fourth-order valence-electron chi connectivity index (χ4n) is 8.30. The molecule has 1 saturated heterocycles. The normalized spacial score (nSPS) is 16.1. The Morgan fingerprint density at radius 3 is 1.32 bits per heavy atom. The van der Waals surface area contributed by atoms with E-state index in [1.54, 1.807) is 24.3 Å². The molecule has 0 amide bonds. The lowest BCUT2D eigenvalue weighted by Crippen LogP contribution is -2.54. The van der Waals surface area contributed by atoms with E-state index >= 15 is 0 Å². The van der Waals surface area contributed by atoms with Gasteiger partial charge >= 0.3 is 46.1 Å². The van der Waals surface area contributed by atoms with E-state index in [0.29, 0.717) is 17.9 Å². The molecule has 0 bridgehead atoms. The zero-order chi connectivity index (χ0) is 45.9. The van der Waals surface area contributed by atoms with Crippen LogP contribution in [0.1, 0.15) is 39.8 Å². The van der Waals surface area contributed by atoms with Gasteiger partial charge in [0.2, 0.25) is 18.9 Å². The Balaban J connectivity index is 1.63. The van der Waals surface area contributed by atoms with Crippen molar-refractivity contribution >= 4 is 39.0 Å². The van der Waals surface area contributed by atoms with Crippen molar-refractivity contribution in [1.29, 1.82) is 0 Å². The van der Waals surface area contributed by atoms with Crippen LogP contribution in [0.4, 0.5) is 52.7 Å². The summed E-state index contributed by atoms with van der Waals surface area (Å²) in [6, 6.07) is 14.4. The summed E-state index contributed by atoms with van der Waals surface area (Å²) in [7, 11) is -5.85. The minimum absolute atomic E-state index is 0.00817. The fourth-order valence-corrected chi connectivity index (χ4v) is 8.30. The Morgan fingerprint density at radius 2 is 0.935 bits per heavy atom. The number of ether oxygens (including phenoxy) is 1. The lowest BCUT2D eigenvalue weighted by atomic mass is 9.34. The quantitative estimate of drug-likeness (QED) is 0.105. The molecule has 2 aliphatic heterocycles. The summed E-state index contributed by atoms with van der Waals surface area (Å²) < 4.78 is 204. The molecule has 23 heteroatoms. The van der Waals surface area contributed by atoms with Gasteiger partial charge in [-0.05, 0) is 66.4 Å². The van der Waals surface area contributed by atoms with Gasteiger partial charge in [-0.3, -0.25) is 0 Å². The molecule has 0 N–H and O–H groups in total. The predicted molar refractivity (Wildman–Crippen MR) is 210 cm³/mol. The van der Waals surface area contributed by atoms with Crippen molar-refractivity contribution in [1.82, 2.24) is 0 Å². The average Bonchev–Trinajstić information content (AvgIpc) is 3.52. The first-order valence-corrected chi connectivity index (χ1v) is 19.7. The number of aryl methyl sites for hydroxylation is 6. The second kappa shape index (κ2) is 19.7. The highest BCUT2D eigenvalue weighted by atomic mass is 19.4. The van der Waals surface area contributed by atoms with Crippen LogP contribution in [0.25, 0.3) is 0 Å². The summed E-state index contributed by atoms with van der Waals surface area (Å²) in [5, 5.41) is 0. The molecule has 1 fully saturated rings. The van der Waals surface area contributed by atoms with E-state index in [1.165, 1.54) is 0 Å². The number of fused-ring (bicyclic) bond motifs is 1. The highest BCUT2D eigenvalue weighted by Crippen LogP contribution is 2.41. The Bertz CT molecular complexity index is 1790. The number of benzene rings is 3. The third kappa shape index (κ3) is 13.0. The van der Waals surface area contributed by atoms with Gasteiger partial charge in [-0.25, -0.2) is 0 Å². The molecule has 2 aliphatic rings. The van der Waals surface area contributed by atoms with Crippen molar-refractivity contribution in [3.05, 3.63) is 81.9 Å². The topological polar surface area (TPSA) is 64.6 Å². The second-order valence-electron chi connectivity index (χ2n) is 15.8. The predicted octanol–water partition coefficient (Wildman–Crippen LogP) is 9.29. The molecule has 3 aromatic rings. The van der Waals surface area contributed by atoms with Gasteiger partial charge in [0.1, 0.15) is 11.5 Å². The van der Waals surface area contributed by atoms with Gasteiger partial charge in [-0.1, -0.05) is 80.7 Å². The number of alkyl halides is 12. The number of halogens is 12. The van der Waals surface area contributed by atoms with Crippen LogP contribution < -0.4 is 20.2 Å². The summed E-state index contributed by atoms with van der Waals surface area (Å²) in [5.74, 6) is 0.669. The van der Waals surface area contributed by atoms with Crippen molar-refractivity contribution in [3.8, 4) is 11.5 Å². The van der Waals surface area contributed by atoms with E-state index in [9.17, 15) is 52.7 Å². The number of hydrogen-bond donors (Lipinski definition) is 0. The molecule has 338 valence electrons. The largest absolute Gasteiger partial charge is 0.597 e. The summed E-state index contributed by atoms with van der Waals surface area (Å²) >= 11 is 0. The Labute approximate surface area is 352 Å². The number of para-hydroxylation sites is 2. The fraction of sp³-hybridized carbons (Fsp3) is 0.538. The highest BCUT2D eigenvalue weighted by Gasteiger charge is 2.63. The van der Waals surface area contributed by atoms with Crippen molar-refractivity contribution in [3.63, 3.8) is 0 Å². The molecule has 0 spiro atoms. The van der Waals surface area contributed by atoms with Crippen molar-refractivity contribution < 1.29 is 85.3 Å². The maximum atomic E-state index is 13.8. The molecule has 62 heavy (non-hydrogen) atoms. The summed E-state index contributed by atoms with van der Waals surface area (Å²) in [6.07, 6.45) is -40.0. The van der Waals surface area contributed by atoms with Crippen LogP contribution in [0.5, 0.6) is 11.5 Å². The van der Waals surface area contributed by atoms with Crippen molar-refractivity contribution in [2.24, 2.45) is 0 Å². The molecule has 7 nitrogen and oxygen atoms in total. The van der Waals surface area contributed by atoms with Crippen LogP contribution in [0.15, 0.2) is 48.5 Å². The zero-order valence-electron chi connectivity index (χ0n) is 34.6. The third-order valence-electron chi connectivity index (χ3n) is 10.4. The maximum absolute atomic E-state index is 13.8. The maximum Gasteiger partial charge on any atom is 0.597 e. The first kappa shape index (κ1) is 49.5. The van der Waals surface area contributed by atoms with Gasteiger partial charge in [0.05, 0.1) is 12.2 Å². The van der Waals surface area contributed by atoms with E-state index in [-0.39, 0.29) is 25.9 Å². The average molecular weight is 896 g/mol. The molecule has 2 atom stereocenters. The van der Waals surface area contributed by atoms with Crippen LogP contribution in [0.3, 0.4) is 0 Å². The minimum Gasteiger partial charge on any atom is -0.523 e. The van der Waals surface area contributed by atoms with Crippen LogP contribution in [0.2, 0.25) is 25.3 Å². The molecule has 2 unspecified atom stereocenters. The monoisotopic (exact) mass is 896 g/mol. The van der Waals surface area contributed by atoms with Gasteiger partial charge in [0.15, 0.2) is 0 Å². The van der Waals surface area contributed by atoms with E-state index in [2.05, 4.69) is 9.31 Å². The highest BCUT2D eigenvalue weighted by molar-refractivity contribution is 6.86. The Morgan fingerprint density at radius 1 is 0.565 bits per heavy atom. The molecular weight excluding hydrogens is 852 g/mol. The molecule has 0 saturated carbocycles. The number of rotatable bonds is 16. The minimum atomic E-state index is -6.34. The lowest BCUT2D eigenvalue weighted by Gasteiger charge is -2.34. The van der Waals surface area contributed by atoms with Crippen molar-refractivity contribution in [2.45, 2.75) is 122 Å². The molecule has 2 heterocycles. The SMILES string of the molecule is Cc1cc(C)c(B(CC(CB2Oc3ccccc3O2)OC(CB2OCCCO2)CB(OC(C(F)(F)F)C(F)(F)F)OC(C(F)(F)F)C(F)(F)F)c2c(C)cc(C)cc2C)c(C)c1. The van der Waals surface area contributed by atoms with Crippen molar-refractivity contribution in [2.75, 3.05) is 13.2 Å². The Kier molecular flexibility index (Phi) is 15.7. The molecule has 5 rings (SSSR count).